The molecule has 2 aromatic carbocycles. The normalized spacial score (nSPS) is 10.4. The summed E-state index contributed by atoms with van der Waals surface area (Å²) in [6.07, 6.45) is 1.54. The van der Waals surface area contributed by atoms with Crippen molar-refractivity contribution < 1.29 is 19.2 Å². The van der Waals surface area contributed by atoms with Crippen LogP contribution >= 0.6 is 0 Å². The summed E-state index contributed by atoms with van der Waals surface area (Å²) in [5.41, 5.74) is 4.10. The topological polar surface area (TPSA) is 103 Å². The molecule has 24 heavy (non-hydrogen) atoms. The Morgan fingerprint density at radius 1 is 1.21 bits per heavy atom. The van der Waals surface area contributed by atoms with E-state index in [2.05, 4.69) is 10.5 Å². The van der Waals surface area contributed by atoms with Crippen molar-refractivity contribution >= 4 is 23.6 Å². The third-order valence-corrected chi connectivity index (χ3v) is 2.93. The van der Waals surface area contributed by atoms with Crippen molar-refractivity contribution in [1.29, 1.82) is 0 Å². The lowest BCUT2D eigenvalue weighted by molar-refractivity contribution is -0.384. The van der Waals surface area contributed by atoms with Crippen LogP contribution in [-0.2, 0) is 4.79 Å². The molecule has 0 saturated carbocycles. The largest absolute Gasteiger partial charge is 0.493 e. The van der Waals surface area contributed by atoms with Crippen LogP contribution in [0, 0.1) is 10.1 Å². The van der Waals surface area contributed by atoms with Crippen LogP contribution in [0.3, 0.4) is 0 Å². The quantitative estimate of drug-likeness (QED) is 0.287. The number of carbonyl (C=O) groups excluding carboxylic acids is 1. The molecule has 2 rings (SSSR count). The van der Waals surface area contributed by atoms with E-state index in [1.807, 2.05) is 0 Å². The van der Waals surface area contributed by atoms with Gasteiger partial charge in [-0.2, -0.15) is 5.10 Å². The Kier molecular flexibility index (Phi) is 5.45. The van der Waals surface area contributed by atoms with E-state index in [1.54, 1.807) is 36.5 Å². The van der Waals surface area contributed by atoms with Gasteiger partial charge < -0.3 is 9.47 Å². The van der Waals surface area contributed by atoms with Gasteiger partial charge in [0.2, 0.25) is 0 Å². The molecule has 8 nitrogen and oxygen atoms in total. The fourth-order valence-electron chi connectivity index (χ4n) is 1.84. The molecule has 0 saturated heterocycles. The number of esters is 1. The summed E-state index contributed by atoms with van der Waals surface area (Å²) in [7, 11) is 1.47. The van der Waals surface area contributed by atoms with E-state index in [9.17, 15) is 14.9 Å². The molecule has 0 heterocycles. The maximum absolute atomic E-state index is 11.0. The van der Waals surface area contributed by atoms with Crippen molar-refractivity contribution in [3.05, 3.63) is 58.1 Å². The highest BCUT2D eigenvalue weighted by atomic mass is 16.6. The van der Waals surface area contributed by atoms with Gasteiger partial charge in [0.1, 0.15) is 0 Å². The second kappa shape index (κ2) is 7.73. The number of hydrogen-bond acceptors (Lipinski definition) is 7. The predicted octanol–water partition coefficient (Wildman–Crippen LogP) is 2.97. The number of rotatable bonds is 6. The van der Waals surface area contributed by atoms with Gasteiger partial charge in [0.15, 0.2) is 11.5 Å². The highest BCUT2D eigenvalue weighted by Gasteiger charge is 2.07. The van der Waals surface area contributed by atoms with Crippen LogP contribution < -0.4 is 14.9 Å². The fraction of sp³-hybridized carbons (Fsp3) is 0.125. The molecule has 0 fully saturated rings. The van der Waals surface area contributed by atoms with E-state index in [-0.39, 0.29) is 5.69 Å². The zero-order valence-electron chi connectivity index (χ0n) is 13.1. The average molecular weight is 329 g/mol. The summed E-state index contributed by atoms with van der Waals surface area (Å²) in [6, 6.07) is 10.9. The Hall–Kier alpha value is -3.42. The van der Waals surface area contributed by atoms with E-state index in [0.29, 0.717) is 17.2 Å². The minimum atomic E-state index is -0.468. The number of nitrogens with zero attached hydrogens (tertiary/aromatic N) is 2. The molecule has 1 N–H and O–H groups in total. The van der Waals surface area contributed by atoms with Crippen LogP contribution in [0.15, 0.2) is 47.6 Å². The molecule has 0 unspecified atom stereocenters. The molecule has 0 aliphatic carbocycles. The summed E-state index contributed by atoms with van der Waals surface area (Å²) in [6.45, 7) is 1.31. The molecule has 0 aromatic heterocycles. The van der Waals surface area contributed by atoms with Gasteiger partial charge in [-0.1, -0.05) is 0 Å². The molecular formula is C16H15N3O5. The van der Waals surface area contributed by atoms with Crippen molar-refractivity contribution in [1.82, 2.24) is 0 Å². The summed E-state index contributed by atoms with van der Waals surface area (Å²) < 4.78 is 10.2. The molecule has 0 bridgehead atoms. The van der Waals surface area contributed by atoms with Crippen LogP contribution in [0.2, 0.25) is 0 Å². The van der Waals surface area contributed by atoms with E-state index < -0.39 is 10.9 Å². The lowest BCUT2D eigenvalue weighted by Crippen LogP contribution is -2.03. The first-order valence-corrected chi connectivity index (χ1v) is 6.89. The number of hydrazone groups is 1. The molecule has 124 valence electrons. The van der Waals surface area contributed by atoms with Gasteiger partial charge in [-0.15, -0.1) is 0 Å². The number of anilines is 1. The number of carbonyl (C=O) groups is 1. The van der Waals surface area contributed by atoms with Crippen molar-refractivity contribution in [3.8, 4) is 11.5 Å². The minimum absolute atomic E-state index is 0.00956. The molecule has 8 heteroatoms. The van der Waals surface area contributed by atoms with Gasteiger partial charge in [-0.3, -0.25) is 20.3 Å². The summed E-state index contributed by atoms with van der Waals surface area (Å²) >= 11 is 0. The second-order valence-electron chi connectivity index (χ2n) is 4.68. The van der Waals surface area contributed by atoms with Crippen molar-refractivity contribution in [2.75, 3.05) is 12.5 Å². The van der Waals surface area contributed by atoms with Gasteiger partial charge in [-0.25, -0.2) is 0 Å². The van der Waals surface area contributed by atoms with Crippen LogP contribution in [0.4, 0.5) is 11.4 Å². The lowest BCUT2D eigenvalue weighted by Gasteiger charge is -2.08. The van der Waals surface area contributed by atoms with E-state index >= 15 is 0 Å². The zero-order chi connectivity index (χ0) is 17.5. The molecular weight excluding hydrogens is 314 g/mol. The van der Waals surface area contributed by atoms with Gasteiger partial charge in [0.25, 0.3) is 5.69 Å². The highest BCUT2D eigenvalue weighted by molar-refractivity contribution is 5.82. The zero-order valence-corrected chi connectivity index (χ0v) is 13.1. The summed E-state index contributed by atoms with van der Waals surface area (Å²) in [5, 5.41) is 14.6. The SMILES string of the molecule is COc1cc(C=NNc2ccc([N+](=O)[O-])cc2)ccc1OC(C)=O. The molecule has 0 spiro atoms. The molecule has 0 aliphatic rings. The third kappa shape index (κ3) is 4.54. The first-order chi connectivity index (χ1) is 11.5. The Bertz CT molecular complexity index is 772. The van der Waals surface area contributed by atoms with Crippen molar-refractivity contribution in [2.24, 2.45) is 5.10 Å². The summed E-state index contributed by atoms with van der Waals surface area (Å²) in [5.74, 6) is 0.296. The van der Waals surface area contributed by atoms with Gasteiger partial charge in [0, 0.05) is 19.1 Å². The maximum atomic E-state index is 11.0. The van der Waals surface area contributed by atoms with Crippen molar-refractivity contribution in [2.45, 2.75) is 6.92 Å². The number of nitro benzene ring substituents is 1. The molecule has 2 aromatic rings. The first kappa shape index (κ1) is 16.9. The minimum Gasteiger partial charge on any atom is -0.493 e. The van der Waals surface area contributed by atoms with Gasteiger partial charge in [-0.05, 0) is 35.9 Å². The molecule has 0 aliphatic heterocycles. The third-order valence-electron chi connectivity index (χ3n) is 2.93. The smallest absolute Gasteiger partial charge is 0.308 e. The van der Waals surface area contributed by atoms with Crippen LogP contribution in [-0.4, -0.2) is 24.2 Å². The van der Waals surface area contributed by atoms with Gasteiger partial charge >= 0.3 is 5.97 Å². The maximum Gasteiger partial charge on any atom is 0.308 e. The van der Waals surface area contributed by atoms with E-state index in [4.69, 9.17) is 9.47 Å². The van der Waals surface area contributed by atoms with Crippen LogP contribution in [0.5, 0.6) is 11.5 Å². The Balaban J connectivity index is 2.05. The fourth-order valence-corrected chi connectivity index (χ4v) is 1.84. The number of hydrogen-bond donors (Lipinski definition) is 1. The molecule has 0 amide bonds. The highest BCUT2D eigenvalue weighted by Crippen LogP contribution is 2.27. The Labute approximate surface area is 137 Å². The molecule has 0 atom stereocenters. The number of ether oxygens (including phenoxy) is 2. The van der Waals surface area contributed by atoms with E-state index in [0.717, 1.165) is 5.56 Å². The average Bonchev–Trinajstić information content (AvgIpc) is 2.56. The second-order valence-corrected chi connectivity index (χ2v) is 4.68. The van der Waals surface area contributed by atoms with Crippen LogP contribution in [0.25, 0.3) is 0 Å². The molecule has 0 radical (unpaired) electrons. The monoisotopic (exact) mass is 329 g/mol. The summed E-state index contributed by atoms with van der Waals surface area (Å²) in [4.78, 5) is 21.1. The Morgan fingerprint density at radius 2 is 1.92 bits per heavy atom. The number of nitro groups is 1. The number of non-ortho nitro benzene ring substituents is 1. The lowest BCUT2D eigenvalue weighted by atomic mass is 10.2. The number of nitrogens with one attached hydrogen (secondary N) is 1. The Morgan fingerprint density at radius 3 is 2.50 bits per heavy atom. The van der Waals surface area contributed by atoms with Crippen LogP contribution in [0.1, 0.15) is 12.5 Å². The predicted molar refractivity (Wildman–Crippen MR) is 88.6 cm³/mol. The first-order valence-electron chi connectivity index (χ1n) is 6.89. The number of benzene rings is 2. The standard InChI is InChI=1S/C16H15N3O5/c1-11(20)24-15-8-3-12(9-16(15)23-2)10-17-18-13-4-6-14(7-5-13)19(21)22/h3-10,18H,1-2H3. The van der Waals surface area contributed by atoms with E-state index in [1.165, 1.54) is 26.2 Å². The number of methoxy groups -OCH3 is 1. The van der Waals surface area contributed by atoms with Gasteiger partial charge in [0.05, 0.1) is 23.9 Å². The van der Waals surface area contributed by atoms with Crippen molar-refractivity contribution in [3.63, 3.8) is 0 Å².